The van der Waals surface area contributed by atoms with Gasteiger partial charge in [0.25, 0.3) is 0 Å². The first kappa shape index (κ1) is 21.5. The molecule has 166 valence electrons. The number of para-hydroxylation sites is 1. The van der Waals surface area contributed by atoms with E-state index in [-0.39, 0.29) is 17.6 Å². The lowest BCUT2D eigenvalue weighted by Crippen LogP contribution is -2.52. The number of carbonyl (C=O) groups is 1. The molecular formula is C24H25FN4O3. The highest BCUT2D eigenvalue weighted by Gasteiger charge is 2.25. The molecule has 32 heavy (non-hydrogen) atoms. The van der Waals surface area contributed by atoms with Crippen LogP contribution in [0.25, 0.3) is 11.0 Å². The highest BCUT2D eigenvalue weighted by atomic mass is 19.1. The molecule has 1 aliphatic heterocycles. The van der Waals surface area contributed by atoms with Crippen LogP contribution in [-0.4, -0.2) is 43.7 Å². The minimum atomic E-state index is -0.530. The zero-order valence-electron chi connectivity index (χ0n) is 18.1. The Balaban J connectivity index is 1.39. The summed E-state index contributed by atoms with van der Waals surface area (Å²) in [5, 5.41) is 13.2. The number of hydrogen-bond acceptors (Lipinski definition) is 5. The molecule has 0 radical (unpaired) electrons. The van der Waals surface area contributed by atoms with E-state index in [0.29, 0.717) is 55.6 Å². The molecule has 0 saturated carbocycles. The molecule has 1 unspecified atom stereocenters. The second kappa shape index (κ2) is 9.18. The third-order valence-electron chi connectivity index (χ3n) is 5.60. The molecule has 1 fully saturated rings. The van der Waals surface area contributed by atoms with E-state index < -0.39 is 5.82 Å². The van der Waals surface area contributed by atoms with Gasteiger partial charge < -0.3 is 24.3 Å². The molecule has 2 heterocycles. The number of hydrogen-bond donors (Lipinski definition) is 1. The SMILES string of the molecule is CCOc1cccc2cc(C(C)NC(=O)N3CCN(c4cccc(F)c4C#N)CC3)oc12. The van der Waals surface area contributed by atoms with Crippen LogP contribution in [0.3, 0.4) is 0 Å². The van der Waals surface area contributed by atoms with Crippen molar-refractivity contribution in [2.45, 2.75) is 19.9 Å². The van der Waals surface area contributed by atoms with Crippen LogP contribution in [0.15, 0.2) is 46.9 Å². The lowest BCUT2D eigenvalue weighted by Gasteiger charge is -2.36. The van der Waals surface area contributed by atoms with E-state index >= 15 is 0 Å². The van der Waals surface area contributed by atoms with Gasteiger partial charge in [-0.2, -0.15) is 5.26 Å². The van der Waals surface area contributed by atoms with Crippen molar-refractivity contribution in [1.29, 1.82) is 5.26 Å². The summed E-state index contributed by atoms with van der Waals surface area (Å²) in [6.45, 7) is 6.30. The Morgan fingerprint density at radius 2 is 2.00 bits per heavy atom. The van der Waals surface area contributed by atoms with Gasteiger partial charge in [-0.05, 0) is 38.1 Å². The van der Waals surface area contributed by atoms with E-state index in [9.17, 15) is 14.4 Å². The molecule has 1 aromatic heterocycles. The Labute approximate surface area is 186 Å². The Bertz CT molecular complexity index is 1160. The average molecular weight is 436 g/mol. The lowest BCUT2D eigenvalue weighted by atomic mass is 10.1. The minimum Gasteiger partial charge on any atom is -0.490 e. The summed E-state index contributed by atoms with van der Waals surface area (Å²) in [6, 6.07) is 13.6. The van der Waals surface area contributed by atoms with Crippen molar-refractivity contribution in [3.05, 3.63) is 59.6 Å². The predicted octanol–water partition coefficient (Wildman–Crippen LogP) is 4.44. The molecule has 0 spiro atoms. The van der Waals surface area contributed by atoms with Crippen LogP contribution in [0.4, 0.5) is 14.9 Å². The number of nitrogens with zero attached hydrogens (tertiary/aromatic N) is 3. The van der Waals surface area contributed by atoms with Crippen LogP contribution in [0.2, 0.25) is 0 Å². The van der Waals surface area contributed by atoms with Gasteiger partial charge in [-0.15, -0.1) is 0 Å². The standard InChI is InChI=1S/C24H25FN4O3/c1-3-31-21-9-4-6-17-14-22(32-23(17)21)16(2)27-24(30)29-12-10-28(11-13-29)20-8-5-7-19(25)18(20)15-26/h4-9,14,16H,3,10-13H2,1-2H3,(H,27,30). The van der Waals surface area contributed by atoms with Gasteiger partial charge in [0.15, 0.2) is 11.3 Å². The number of nitrogens with one attached hydrogen (secondary N) is 1. The molecule has 0 bridgehead atoms. The van der Waals surface area contributed by atoms with Crippen molar-refractivity contribution in [1.82, 2.24) is 10.2 Å². The van der Waals surface area contributed by atoms with Gasteiger partial charge >= 0.3 is 6.03 Å². The number of piperazine rings is 1. The van der Waals surface area contributed by atoms with Crippen LogP contribution in [0, 0.1) is 17.1 Å². The van der Waals surface area contributed by atoms with Gasteiger partial charge in [0.2, 0.25) is 0 Å². The molecule has 2 amide bonds. The zero-order valence-corrected chi connectivity index (χ0v) is 18.1. The molecule has 1 atom stereocenters. The number of ether oxygens (including phenoxy) is 1. The second-order valence-electron chi connectivity index (χ2n) is 7.65. The van der Waals surface area contributed by atoms with E-state index in [1.807, 2.05) is 49.1 Å². The van der Waals surface area contributed by atoms with Gasteiger partial charge in [-0.25, -0.2) is 9.18 Å². The summed E-state index contributed by atoms with van der Waals surface area (Å²) in [7, 11) is 0. The van der Waals surface area contributed by atoms with E-state index in [2.05, 4.69) is 5.32 Å². The molecule has 0 aliphatic carbocycles. The van der Waals surface area contributed by atoms with Crippen LogP contribution in [0.1, 0.15) is 31.2 Å². The largest absolute Gasteiger partial charge is 0.490 e. The first-order chi connectivity index (χ1) is 15.5. The number of anilines is 1. The van der Waals surface area contributed by atoms with Crippen LogP contribution >= 0.6 is 0 Å². The maximum Gasteiger partial charge on any atom is 0.318 e. The number of fused-ring (bicyclic) bond motifs is 1. The van der Waals surface area contributed by atoms with Crippen molar-refractivity contribution in [2.24, 2.45) is 0 Å². The minimum absolute atomic E-state index is 0.0373. The molecule has 1 saturated heterocycles. The van der Waals surface area contributed by atoms with Crippen molar-refractivity contribution in [2.75, 3.05) is 37.7 Å². The normalized spacial score (nSPS) is 14.8. The highest BCUT2D eigenvalue weighted by Crippen LogP contribution is 2.31. The molecule has 1 N–H and O–H groups in total. The van der Waals surface area contributed by atoms with Gasteiger partial charge in [-0.3, -0.25) is 0 Å². The van der Waals surface area contributed by atoms with E-state index in [4.69, 9.17) is 9.15 Å². The number of urea groups is 1. The van der Waals surface area contributed by atoms with Crippen molar-refractivity contribution >= 4 is 22.7 Å². The first-order valence-electron chi connectivity index (χ1n) is 10.7. The third-order valence-corrected chi connectivity index (χ3v) is 5.60. The highest BCUT2D eigenvalue weighted by molar-refractivity contribution is 5.84. The fourth-order valence-electron chi connectivity index (χ4n) is 3.92. The van der Waals surface area contributed by atoms with Crippen molar-refractivity contribution < 1.29 is 18.3 Å². The summed E-state index contributed by atoms with van der Waals surface area (Å²) >= 11 is 0. The second-order valence-corrected chi connectivity index (χ2v) is 7.65. The zero-order chi connectivity index (χ0) is 22.7. The number of furan rings is 1. The number of amides is 2. The molecule has 2 aromatic carbocycles. The van der Waals surface area contributed by atoms with Gasteiger partial charge in [0.05, 0.1) is 18.3 Å². The van der Waals surface area contributed by atoms with Crippen LogP contribution < -0.4 is 15.0 Å². The smallest absolute Gasteiger partial charge is 0.318 e. The Morgan fingerprint density at radius 1 is 1.25 bits per heavy atom. The molecule has 1 aliphatic rings. The maximum absolute atomic E-state index is 13.9. The fraction of sp³-hybridized carbons (Fsp3) is 0.333. The Hall–Kier alpha value is -3.73. The summed E-state index contributed by atoms with van der Waals surface area (Å²) in [5.74, 6) is 0.801. The first-order valence-corrected chi connectivity index (χ1v) is 10.7. The van der Waals surface area contributed by atoms with Gasteiger partial charge in [0.1, 0.15) is 23.2 Å². The number of rotatable bonds is 5. The number of nitriles is 1. The number of benzene rings is 2. The molecular weight excluding hydrogens is 411 g/mol. The fourth-order valence-corrected chi connectivity index (χ4v) is 3.92. The lowest BCUT2D eigenvalue weighted by molar-refractivity contribution is 0.189. The summed E-state index contributed by atoms with van der Waals surface area (Å²) in [4.78, 5) is 16.5. The van der Waals surface area contributed by atoms with E-state index in [0.717, 1.165) is 5.39 Å². The van der Waals surface area contributed by atoms with Crippen LogP contribution in [0.5, 0.6) is 5.75 Å². The monoisotopic (exact) mass is 436 g/mol. The topological polar surface area (TPSA) is 81.7 Å². The quantitative estimate of drug-likeness (QED) is 0.640. The third kappa shape index (κ3) is 4.19. The summed E-state index contributed by atoms with van der Waals surface area (Å²) in [6.07, 6.45) is 0. The van der Waals surface area contributed by atoms with Gasteiger partial charge in [0, 0.05) is 31.6 Å². The Kier molecular flexibility index (Phi) is 6.17. The number of carbonyl (C=O) groups excluding carboxylic acids is 1. The van der Waals surface area contributed by atoms with E-state index in [1.54, 1.807) is 17.0 Å². The molecule has 4 rings (SSSR count). The molecule has 7 nitrogen and oxygen atoms in total. The maximum atomic E-state index is 13.9. The van der Waals surface area contributed by atoms with Crippen molar-refractivity contribution in [3.8, 4) is 11.8 Å². The number of halogens is 1. The molecule has 3 aromatic rings. The summed E-state index contributed by atoms with van der Waals surface area (Å²) in [5.41, 5.74) is 1.27. The van der Waals surface area contributed by atoms with E-state index in [1.165, 1.54) is 6.07 Å². The van der Waals surface area contributed by atoms with Gasteiger partial charge in [-0.1, -0.05) is 18.2 Å². The predicted molar refractivity (Wildman–Crippen MR) is 119 cm³/mol. The average Bonchev–Trinajstić information content (AvgIpc) is 3.25. The van der Waals surface area contributed by atoms with Crippen LogP contribution in [-0.2, 0) is 0 Å². The molecule has 8 heteroatoms. The summed E-state index contributed by atoms with van der Waals surface area (Å²) < 4.78 is 25.5. The Morgan fingerprint density at radius 3 is 2.72 bits per heavy atom. The van der Waals surface area contributed by atoms with Crippen molar-refractivity contribution in [3.63, 3.8) is 0 Å².